The Morgan fingerprint density at radius 1 is 1.33 bits per heavy atom. The molecule has 0 bridgehead atoms. The number of anilines is 1. The van der Waals surface area contributed by atoms with Crippen molar-refractivity contribution in [1.82, 2.24) is 20.3 Å². The van der Waals surface area contributed by atoms with Gasteiger partial charge in [0.05, 0.1) is 6.04 Å². The number of aromatic nitrogens is 3. The number of aryl methyl sites for hydroxylation is 1. The highest BCUT2D eigenvalue weighted by Crippen LogP contribution is 2.27. The maximum Gasteiger partial charge on any atom is 0.302 e. The van der Waals surface area contributed by atoms with Crippen molar-refractivity contribution in [1.29, 1.82) is 0 Å². The number of halogens is 2. The molecular formula is C23H27F2N5O3. The van der Waals surface area contributed by atoms with Gasteiger partial charge in [-0.3, -0.25) is 14.9 Å². The Morgan fingerprint density at radius 3 is 2.67 bits per heavy atom. The standard InChI is InChI=1S/C23H27F2N5O3/c1-13(2)23(24,25)12-33-21-14(3)10-17(11-27-21)15(4)28-20(32)18-8-9-26-22(29-18)30-19(31)16-6-5-7-16/h8-11,15-16H,1,5-7,12H2,2-4H3,(H,28,32)(H,26,29,30,31). The van der Waals surface area contributed by atoms with Crippen LogP contribution in [0.5, 0.6) is 5.88 Å². The summed E-state index contributed by atoms with van der Waals surface area (Å²) in [4.78, 5) is 37.0. The first kappa shape index (κ1) is 24.2. The fourth-order valence-electron chi connectivity index (χ4n) is 3.04. The van der Waals surface area contributed by atoms with Gasteiger partial charge in [-0.25, -0.2) is 15.0 Å². The minimum atomic E-state index is -3.15. The zero-order chi connectivity index (χ0) is 24.2. The quantitative estimate of drug-likeness (QED) is 0.549. The third-order valence-corrected chi connectivity index (χ3v) is 5.51. The molecule has 0 radical (unpaired) electrons. The first-order valence-electron chi connectivity index (χ1n) is 10.6. The summed E-state index contributed by atoms with van der Waals surface area (Å²) in [5.41, 5.74) is 1.03. The maximum absolute atomic E-state index is 13.7. The molecule has 3 rings (SSSR count). The number of hydrogen-bond acceptors (Lipinski definition) is 6. The van der Waals surface area contributed by atoms with E-state index in [1.165, 1.54) is 25.4 Å². The van der Waals surface area contributed by atoms with E-state index in [2.05, 4.69) is 32.2 Å². The van der Waals surface area contributed by atoms with Gasteiger partial charge >= 0.3 is 5.92 Å². The molecule has 2 heterocycles. The molecule has 1 fully saturated rings. The molecule has 2 N–H and O–H groups in total. The summed E-state index contributed by atoms with van der Waals surface area (Å²) in [7, 11) is 0. The highest BCUT2D eigenvalue weighted by Gasteiger charge is 2.31. The minimum absolute atomic E-state index is 0.0270. The van der Waals surface area contributed by atoms with Gasteiger partial charge in [0.15, 0.2) is 6.61 Å². The number of amides is 2. The Hall–Kier alpha value is -3.43. The van der Waals surface area contributed by atoms with Crippen molar-refractivity contribution in [2.24, 2.45) is 5.92 Å². The largest absolute Gasteiger partial charge is 0.471 e. The Balaban J connectivity index is 1.61. The molecule has 1 aliphatic rings. The molecule has 2 aromatic rings. The first-order chi connectivity index (χ1) is 15.6. The molecule has 33 heavy (non-hydrogen) atoms. The van der Waals surface area contributed by atoms with Crippen LogP contribution in [-0.4, -0.2) is 39.3 Å². The Morgan fingerprint density at radius 2 is 2.06 bits per heavy atom. The van der Waals surface area contributed by atoms with Crippen molar-refractivity contribution in [3.63, 3.8) is 0 Å². The van der Waals surface area contributed by atoms with Crippen molar-refractivity contribution in [3.8, 4) is 5.88 Å². The molecule has 8 nitrogen and oxygen atoms in total. The molecule has 0 spiro atoms. The van der Waals surface area contributed by atoms with Crippen LogP contribution in [-0.2, 0) is 4.79 Å². The number of nitrogens with zero attached hydrogens (tertiary/aromatic N) is 3. The average Bonchev–Trinajstić information content (AvgIpc) is 2.71. The van der Waals surface area contributed by atoms with Gasteiger partial charge in [0.1, 0.15) is 5.69 Å². The van der Waals surface area contributed by atoms with Crippen LogP contribution in [0.2, 0.25) is 0 Å². The van der Waals surface area contributed by atoms with E-state index in [4.69, 9.17) is 4.74 Å². The fourth-order valence-corrected chi connectivity index (χ4v) is 3.04. The van der Waals surface area contributed by atoms with Gasteiger partial charge < -0.3 is 10.1 Å². The van der Waals surface area contributed by atoms with Crippen molar-refractivity contribution in [2.45, 2.75) is 52.0 Å². The summed E-state index contributed by atoms with van der Waals surface area (Å²) in [6.07, 6.45) is 5.58. The van der Waals surface area contributed by atoms with E-state index in [-0.39, 0.29) is 34.9 Å². The van der Waals surface area contributed by atoms with Gasteiger partial charge in [-0.1, -0.05) is 13.0 Å². The van der Waals surface area contributed by atoms with E-state index in [0.717, 1.165) is 19.3 Å². The van der Waals surface area contributed by atoms with E-state index >= 15 is 0 Å². The second kappa shape index (κ2) is 10.0. The molecule has 0 saturated heterocycles. The van der Waals surface area contributed by atoms with Crippen molar-refractivity contribution < 1.29 is 23.1 Å². The molecule has 2 amide bonds. The first-order valence-corrected chi connectivity index (χ1v) is 10.6. The van der Waals surface area contributed by atoms with Gasteiger partial charge in [0.2, 0.25) is 17.7 Å². The van der Waals surface area contributed by atoms with Crippen molar-refractivity contribution in [3.05, 3.63) is 53.5 Å². The monoisotopic (exact) mass is 459 g/mol. The predicted octanol–water partition coefficient (Wildman–Crippen LogP) is 4.00. The van der Waals surface area contributed by atoms with Gasteiger partial charge in [-0.2, -0.15) is 8.78 Å². The number of carbonyl (C=O) groups excluding carboxylic acids is 2. The topological polar surface area (TPSA) is 106 Å². The molecule has 0 aliphatic heterocycles. The molecule has 0 aromatic carbocycles. The predicted molar refractivity (Wildman–Crippen MR) is 118 cm³/mol. The second-order valence-electron chi connectivity index (χ2n) is 8.24. The molecule has 1 saturated carbocycles. The van der Waals surface area contributed by atoms with E-state index < -0.39 is 24.5 Å². The summed E-state index contributed by atoms with van der Waals surface area (Å²) in [6.45, 7) is 7.08. The number of hydrogen-bond donors (Lipinski definition) is 2. The zero-order valence-corrected chi connectivity index (χ0v) is 18.8. The Labute approximate surface area is 190 Å². The summed E-state index contributed by atoms with van der Waals surface area (Å²) < 4.78 is 32.6. The van der Waals surface area contributed by atoms with Crippen LogP contribution in [0.1, 0.15) is 60.8 Å². The highest BCUT2D eigenvalue weighted by molar-refractivity contribution is 5.94. The summed E-state index contributed by atoms with van der Waals surface area (Å²) in [6, 6.07) is 2.71. The van der Waals surface area contributed by atoms with Crippen LogP contribution in [0.4, 0.5) is 14.7 Å². The highest BCUT2D eigenvalue weighted by atomic mass is 19.3. The average molecular weight is 459 g/mol. The lowest BCUT2D eigenvalue weighted by molar-refractivity contribution is -0.122. The van der Waals surface area contributed by atoms with Gasteiger partial charge in [0, 0.05) is 23.9 Å². The van der Waals surface area contributed by atoms with Crippen molar-refractivity contribution >= 4 is 17.8 Å². The van der Waals surface area contributed by atoms with Gasteiger partial charge in [-0.15, -0.1) is 0 Å². The van der Waals surface area contributed by atoms with E-state index in [1.807, 2.05) is 0 Å². The molecule has 1 unspecified atom stereocenters. The lowest BCUT2D eigenvalue weighted by Gasteiger charge is -2.23. The van der Waals surface area contributed by atoms with Crippen LogP contribution in [0.25, 0.3) is 0 Å². The van der Waals surface area contributed by atoms with E-state index in [1.54, 1.807) is 19.9 Å². The van der Waals surface area contributed by atoms with Crippen LogP contribution >= 0.6 is 0 Å². The lowest BCUT2D eigenvalue weighted by Crippen LogP contribution is -2.30. The number of alkyl halides is 2. The number of pyridine rings is 1. The summed E-state index contributed by atoms with van der Waals surface area (Å²) in [5.74, 6) is -3.61. The smallest absolute Gasteiger partial charge is 0.302 e. The normalized spacial score (nSPS) is 14.7. The molecular weight excluding hydrogens is 432 g/mol. The fraction of sp³-hybridized carbons (Fsp3) is 0.435. The number of nitrogens with one attached hydrogen (secondary N) is 2. The maximum atomic E-state index is 13.7. The van der Waals surface area contributed by atoms with Gasteiger partial charge in [-0.05, 0) is 56.9 Å². The van der Waals surface area contributed by atoms with Crippen LogP contribution < -0.4 is 15.4 Å². The lowest BCUT2D eigenvalue weighted by atomic mass is 9.85. The molecule has 2 aromatic heterocycles. The summed E-state index contributed by atoms with van der Waals surface area (Å²) >= 11 is 0. The summed E-state index contributed by atoms with van der Waals surface area (Å²) in [5, 5.41) is 5.45. The van der Waals surface area contributed by atoms with Gasteiger partial charge in [0.25, 0.3) is 5.91 Å². The molecule has 10 heteroatoms. The SMILES string of the molecule is C=C(C)C(F)(F)COc1ncc(C(C)NC(=O)c2ccnc(NC(=O)C3CCC3)n2)cc1C. The zero-order valence-electron chi connectivity index (χ0n) is 18.8. The van der Waals surface area contributed by atoms with Crippen LogP contribution in [0.15, 0.2) is 36.7 Å². The molecule has 1 atom stereocenters. The number of carbonyl (C=O) groups is 2. The Kier molecular flexibility index (Phi) is 7.35. The third-order valence-electron chi connectivity index (χ3n) is 5.51. The second-order valence-corrected chi connectivity index (χ2v) is 8.24. The number of ether oxygens (including phenoxy) is 1. The third kappa shape index (κ3) is 6.09. The van der Waals surface area contributed by atoms with E-state index in [9.17, 15) is 18.4 Å². The van der Waals surface area contributed by atoms with E-state index in [0.29, 0.717) is 11.1 Å². The molecule has 176 valence electrons. The van der Waals surface area contributed by atoms with Crippen molar-refractivity contribution in [2.75, 3.05) is 11.9 Å². The number of rotatable bonds is 9. The minimum Gasteiger partial charge on any atom is -0.471 e. The Bertz CT molecular complexity index is 1060. The van der Waals surface area contributed by atoms with Crippen LogP contribution in [0, 0.1) is 12.8 Å². The molecule has 1 aliphatic carbocycles. The van der Waals surface area contributed by atoms with Crippen LogP contribution in [0.3, 0.4) is 0 Å².